The molecule has 0 fully saturated rings. The van der Waals surface area contributed by atoms with Crippen LogP contribution in [0.3, 0.4) is 0 Å². The molecule has 5 heteroatoms. The lowest BCUT2D eigenvalue weighted by Crippen LogP contribution is -2.17. The monoisotopic (exact) mass is 365 g/mol. The molecule has 0 radical (unpaired) electrons. The summed E-state index contributed by atoms with van der Waals surface area (Å²) in [6.45, 7) is 1.59. The summed E-state index contributed by atoms with van der Waals surface area (Å²) in [5, 5.41) is 6.79. The van der Waals surface area contributed by atoms with E-state index >= 15 is 0 Å². The van der Waals surface area contributed by atoms with Crippen molar-refractivity contribution < 1.29 is 4.79 Å². The molecule has 0 aliphatic rings. The van der Waals surface area contributed by atoms with Crippen LogP contribution >= 0.6 is 11.6 Å². The Morgan fingerprint density at radius 2 is 1.73 bits per heavy atom. The van der Waals surface area contributed by atoms with Crippen LogP contribution in [0.5, 0.6) is 0 Å². The molecule has 2 N–H and O–H groups in total. The van der Waals surface area contributed by atoms with Crippen LogP contribution < -0.4 is 10.6 Å². The molecule has 4 nitrogen and oxygen atoms in total. The zero-order valence-electron chi connectivity index (χ0n) is 14.3. The van der Waals surface area contributed by atoms with E-state index in [1.807, 2.05) is 30.3 Å². The molecule has 0 atom stereocenters. The highest BCUT2D eigenvalue weighted by molar-refractivity contribution is 6.34. The van der Waals surface area contributed by atoms with Gasteiger partial charge in [0.1, 0.15) is 0 Å². The van der Waals surface area contributed by atoms with Gasteiger partial charge in [-0.05, 0) is 48.4 Å². The van der Waals surface area contributed by atoms with Crippen molar-refractivity contribution in [3.63, 3.8) is 0 Å². The van der Waals surface area contributed by atoms with Gasteiger partial charge in [-0.2, -0.15) is 0 Å². The van der Waals surface area contributed by atoms with E-state index in [0.717, 1.165) is 18.5 Å². The third kappa shape index (κ3) is 5.15. The van der Waals surface area contributed by atoms with Gasteiger partial charge in [0.25, 0.3) is 5.91 Å². The summed E-state index contributed by atoms with van der Waals surface area (Å²) in [5.74, 6) is -0.205. The molecule has 0 aliphatic heterocycles. The second-order valence-electron chi connectivity index (χ2n) is 5.92. The first kappa shape index (κ1) is 18.1. The molecule has 1 heterocycles. The van der Waals surface area contributed by atoms with E-state index in [9.17, 15) is 4.79 Å². The molecule has 3 aromatic rings. The smallest absolute Gasteiger partial charge is 0.255 e. The van der Waals surface area contributed by atoms with Gasteiger partial charge >= 0.3 is 0 Å². The van der Waals surface area contributed by atoms with Gasteiger partial charge in [-0.1, -0.05) is 48.0 Å². The van der Waals surface area contributed by atoms with Crippen LogP contribution in [0.4, 0.5) is 5.69 Å². The first-order chi connectivity index (χ1) is 12.7. The van der Waals surface area contributed by atoms with Crippen LogP contribution in [0.1, 0.15) is 21.5 Å². The van der Waals surface area contributed by atoms with Crippen molar-refractivity contribution in [3.05, 3.63) is 94.8 Å². The summed E-state index contributed by atoms with van der Waals surface area (Å²) < 4.78 is 0. The number of aromatic nitrogens is 1. The molecule has 0 saturated carbocycles. The number of rotatable bonds is 7. The number of nitrogens with one attached hydrogen (secondary N) is 2. The lowest BCUT2D eigenvalue weighted by atomic mass is 10.1. The summed E-state index contributed by atoms with van der Waals surface area (Å²) in [5.41, 5.74) is 3.52. The number of carbonyl (C=O) groups excluding carboxylic acids is 1. The van der Waals surface area contributed by atoms with Gasteiger partial charge < -0.3 is 10.6 Å². The summed E-state index contributed by atoms with van der Waals surface area (Å²) in [4.78, 5) is 16.2. The minimum atomic E-state index is -0.205. The van der Waals surface area contributed by atoms with E-state index in [1.165, 1.54) is 5.56 Å². The Morgan fingerprint density at radius 1 is 0.962 bits per heavy atom. The largest absolute Gasteiger partial charge is 0.321 e. The number of pyridine rings is 1. The molecule has 0 unspecified atom stereocenters. The maximum atomic E-state index is 12.3. The topological polar surface area (TPSA) is 54.0 Å². The van der Waals surface area contributed by atoms with Crippen molar-refractivity contribution in [1.82, 2.24) is 10.3 Å². The summed E-state index contributed by atoms with van der Waals surface area (Å²) in [7, 11) is 0. The fraction of sp³-hybridized carbons (Fsp3) is 0.143. The van der Waals surface area contributed by atoms with Gasteiger partial charge in [0.05, 0.1) is 10.7 Å². The lowest BCUT2D eigenvalue weighted by Gasteiger charge is -2.10. The van der Waals surface area contributed by atoms with E-state index < -0.39 is 0 Å². The van der Waals surface area contributed by atoms with Crippen LogP contribution in [0, 0.1) is 0 Å². The Bertz CT molecular complexity index is 854. The molecule has 0 aliphatic carbocycles. The Hall–Kier alpha value is -2.69. The van der Waals surface area contributed by atoms with Crippen LogP contribution in [0.25, 0.3) is 0 Å². The van der Waals surface area contributed by atoms with Crippen molar-refractivity contribution in [2.24, 2.45) is 0 Å². The third-order valence-electron chi connectivity index (χ3n) is 3.98. The Kier molecular flexibility index (Phi) is 6.36. The normalized spacial score (nSPS) is 10.5. The standard InChI is InChI=1S/C21H20ClN3O/c22-19-7-6-17(15-24-11-8-16-4-2-1-3-5-16)14-20(19)25-21(26)18-9-12-23-13-10-18/h1-7,9-10,12-14,24H,8,11,15H2,(H,25,26). The van der Waals surface area contributed by atoms with E-state index in [0.29, 0.717) is 22.8 Å². The van der Waals surface area contributed by atoms with Gasteiger partial charge in [-0.25, -0.2) is 0 Å². The Morgan fingerprint density at radius 3 is 2.50 bits per heavy atom. The second kappa shape index (κ2) is 9.13. The first-order valence-electron chi connectivity index (χ1n) is 8.47. The lowest BCUT2D eigenvalue weighted by molar-refractivity contribution is 0.102. The van der Waals surface area contributed by atoms with Gasteiger partial charge in [0, 0.05) is 24.5 Å². The zero-order chi connectivity index (χ0) is 18.2. The molecule has 0 spiro atoms. The second-order valence-corrected chi connectivity index (χ2v) is 6.32. The van der Waals surface area contributed by atoms with Crippen molar-refractivity contribution in [3.8, 4) is 0 Å². The number of nitrogens with zero attached hydrogens (tertiary/aromatic N) is 1. The van der Waals surface area contributed by atoms with Gasteiger partial charge in [-0.3, -0.25) is 9.78 Å². The number of anilines is 1. The number of halogens is 1. The molecule has 3 rings (SSSR count). The van der Waals surface area contributed by atoms with Crippen molar-refractivity contribution in [2.75, 3.05) is 11.9 Å². The van der Waals surface area contributed by atoms with E-state index in [4.69, 9.17) is 11.6 Å². The molecule has 1 aromatic heterocycles. The quantitative estimate of drug-likeness (QED) is 0.613. The highest BCUT2D eigenvalue weighted by Gasteiger charge is 2.09. The highest BCUT2D eigenvalue weighted by atomic mass is 35.5. The van der Waals surface area contributed by atoms with Gasteiger partial charge in [-0.15, -0.1) is 0 Å². The van der Waals surface area contributed by atoms with Crippen molar-refractivity contribution in [1.29, 1.82) is 0 Å². The first-order valence-corrected chi connectivity index (χ1v) is 8.84. The van der Waals surface area contributed by atoms with Gasteiger partial charge in [0.15, 0.2) is 0 Å². The Labute approximate surface area is 158 Å². The summed E-state index contributed by atoms with van der Waals surface area (Å²) >= 11 is 6.22. The Balaban J connectivity index is 1.56. The van der Waals surface area contributed by atoms with Crippen molar-refractivity contribution >= 4 is 23.2 Å². The van der Waals surface area contributed by atoms with Crippen LogP contribution in [-0.2, 0) is 13.0 Å². The minimum absolute atomic E-state index is 0.205. The van der Waals surface area contributed by atoms with Crippen LogP contribution in [0.2, 0.25) is 5.02 Å². The average molecular weight is 366 g/mol. The predicted octanol–water partition coefficient (Wildman–Crippen LogP) is 4.32. The zero-order valence-corrected chi connectivity index (χ0v) is 15.0. The van der Waals surface area contributed by atoms with Gasteiger partial charge in [0.2, 0.25) is 0 Å². The molecule has 132 valence electrons. The maximum absolute atomic E-state index is 12.3. The molecule has 1 amide bonds. The van der Waals surface area contributed by atoms with Crippen molar-refractivity contribution in [2.45, 2.75) is 13.0 Å². The average Bonchev–Trinajstić information content (AvgIpc) is 2.69. The molecular formula is C21H20ClN3O. The fourth-order valence-electron chi connectivity index (χ4n) is 2.59. The number of carbonyl (C=O) groups is 1. The summed E-state index contributed by atoms with van der Waals surface area (Å²) in [6, 6.07) is 19.4. The van der Waals surface area contributed by atoms with E-state index in [2.05, 4.69) is 27.8 Å². The van der Waals surface area contributed by atoms with E-state index in [-0.39, 0.29) is 5.91 Å². The predicted molar refractivity (Wildman–Crippen MR) is 105 cm³/mol. The molecule has 0 bridgehead atoms. The molecule has 0 saturated heterocycles. The maximum Gasteiger partial charge on any atom is 0.255 e. The number of benzene rings is 2. The van der Waals surface area contributed by atoms with Crippen LogP contribution in [0.15, 0.2) is 73.1 Å². The third-order valence-corrected chi connectivity index (χ3v) is 4.31. The minimum Gasteiger partial charge on any atom is -0.321 e. The SMILES string of the molecule is O=C(Nc1cc(CNCCc2ccccc2)ccc1Cl)c1ccncc1. The molecular weight excluding hydrogens is 346 g/mol. The molecule has 2 aromatic carbocycles. The molecule has 26 heavy (non-hydrogen) atoms. The number of amides is 1. The number of hydrogen-bond donors (Lipinski definition) is 2. The fourth-order valence-corrected chi connectivity index (χ4v) is 2.75. The summed E-state index contributed by atoms with van der Waals surface area (Å²) in [6.07, 6.45) is 4.15. The van der Waals surface area contributed by atoms with E-state index in [1.54, 1.807) is 30.6 Å². The number of hydrogen-bond acceptors (Lipinski definition) is 3. The van der Waals surface area contributed by atoms with Crippen LogP contribution in [-0.4, -0.2) is 17.4 Å². The highest BCUT2D eigenvalue weighted by Crippen LogP contribution is 2.23.